The van der Waals surface area contributed by atoms with Gasteiger partial charge in [0.25, 0.3) is 16.0 Å². The Balaban J connectivity index is 1.64. The second-order valence-corrected chi connectivity index (χ2v) is 10.7. The van der Waals surface area contributed by atoms with Gasteiger partial charge in [-0.15, -0.1) is 0 Å². The number of anilines is 1. The Morgan fingerprint density at radius 1 is 0.970 bits per heavy atom. The van der Waals surface area contributed by atoms with Crippen molar-refractivity contribution in [3.8, 4) is 6.07 Å². The first-order valence-electron chi connectivity index (χ1n) is 9.82. The van der Waals surface area contributed by atoms with Gasteiger partial charge in [-0.3, -0.25) is 9.35 Å². The van der Waals surface area contributed by atoms with Crippen molar-refractivity contribution in [2.75, 3.05) is 31.5 Å². The minimum atomic E-state index is -4.35. The number of aryl methyl sites for hydroxylation is 1. The second-order valence-electron chi connectivity index (χ2n) is 7.36. The minimum absolute atomic E-state index is 0.191. The predicted molar refractivity (Wildman–Crippen MR) is 120 cm³/mol. The highest BCUT2D eigenvalue weighted by Crippen LogP contribution is 2.19. The topological polar surface area (TPSA) is 148 Å². The zero-order chi connectivity index (χ0) is 24.2. The maximum Gasteiger partial charge on any atom is 0.294 e. The van der Waals surface area contributed by atoms with Crippen molar-refractivity contribution in [2.45, 2.75) is 16.7 Å². The third kappa shape index (κ3) is 5.96. The van der Waals surface area contributed by atoms with Crippen molar-refractivity contribution in [3.05, 3.63) is 65.9 Å². The largest absolute Gasteiger partial charge is 0.373 e. The number of nitriles is 1. The molecule has 0 atom stereocenters. The molecule has 10 nitrogen and oxygen atoms in total. The molecular weight excluding hydrogens is 468 g/mol. The van der Waals surface area contributed by atoms with Crippen LogP contribution < -0.4 is 5.32 Å². The molecule has 1 amide bonds. The lowest BCUT2D eigenvalue weighted by Crippen LogP contribution is -2.46. The first-order chi connectivity index (χ1) is 15.5. The summed E-state index contributed by atoms with van der Waals surface area (Å²) in [6.45, 7) is 2.87. The van der Waals surface area contributed by atoms with Gasteiger partial charge in [0, 0.05) is 38.1 Å². The van der Waals surface area contributed by atoms with Crippen LogP contribution in [0.25, 0.3) is 0 Å². The quantitative estimate of drug-likeness (QED) is 0.352. The molecule has 12 heteroatoms. The van der Waals surface area contributed by atoms with E-state index in [-0.39, 0.29) is 34.1 Å². The van der Waals surface area contributed by atoms with Crippen LogP contribution in [-0.2, 0) is 24.9 Å². The van der Waals surface area contributed by atoms with Crippen LogP contribution in [0.2, 0.25) is 0 Å². The van der Waals surface area contributed by atoms with E-state index in [2.05, 4.69) is 5.32 Å². The fourth-order valence-electron chi connectivity index (χ4n) is 3.16. The highest BCUT2D eigenvalue weighted by molar-refractivity contribution is 7.89. The van der Waals surface area contributed by atoms with Crippen LogP contribution in [0.5, 0.6) is 0 Å². The van der Waals surface area contributed by atoms with Gasteiger partial charge in [0.2, 0.25) is 10.0 Å². The SMILES string of the molecule is Cc1ccc(S(=O)(=O)N2CCN(/C=C(/C#N)C(=O)Nc3ccc(S(=O)(=O)O)cc3)CC2)cc1. The van der Waals surface area contributed by atoms with Crippen molar-refractivity contribution in [1.82, 2.24) is 9.21 Å². The molecule has 2 aromatic rings. The van der Waals surface area contributed by atoms with Gasteiger partial charge in [-0.25, -0.2) is 8.42 Å². The van der Waals surface area contributed by atoms with E-state index in [1.807, 2.05) is 13.0 Å². The van der Waals surface area contributed by atoms with Gasteiger partial charge in [-0.05, 0) is 43.3 Å². The monoisotopic (exact) mass is 490 g/mol. The summed E-state index contributed by atoms with van der Waals surface area (Å²) in [5.41, 5.74) is 1.01. The van der Waals surface area contributed by atoms with E-state index in [4.69, 9.17) is 4.55 Å². The Bertz CT molecular complexity index is 1300. The van der Waals surface area contributed by atoms with Crippen LogP contribution in [0, 0.1) is 18.3 Å². The smallest absolute Gasteiger partial charge is 0.294 e. The van der Waals surface area contributed by atoms with Crippen LogP contribution in [0.4, 0.5) is 5.69 Å². The molecule has 174 valence electrons. The lowest BCUT2D eigenvalue weighted by molar-refractivity contribution is -0.112. The van der Waals surface area contributed by atoms with E-state index < -0.39 is 26.0 Å². The van der Waals surface area contributed by atoms with Crippen LogP contribution in [0.15, 0.2) is 70.1 Å². The second kappa shape index (κ2) is 9.72. The lowest BCUT2D eigenvalue weighted by atomic mass is 10.2. The Morgan fingerprint density at radius 3 is 2.03 bits per heavy atom. The molecule has 1 saturated heterocycles. The Hall–Kier alpha value is -3.24. The van der Waals surface area contributed by atoms with Gasteiger partial charge in [0.05, 0.1) is 9.79 Å². The molecule has 0 saturated carbocycles. The first kappa shape index (κ1) is 24.4. The summed E-state index contributed by atoms with van der Waals surface area (Å²) in [7, 11) is -7.98. The van der Waals surface area contributed by atoms with Crippen molar-refractivity contribution < 1.29 is 26.2 Å². The maximum atomic E-state index is 12.8. The highest BCUT2D eigenvalue weighted by Gasteiger charge is 2.28. The molecule has 33 heavy (non-hydrogen) atoms. The molecule has 1 fully saturated rings. The van der Waals surface area contributed by atoms with Crippen molar-refractivity contribution in [2.24, 2.45) is 0 Å². The number of amides is 1. The van der Waals surface area contributed by atoms with Crippen molar-refractivity contribution in [1.29, 1.82) is 5.26 Å². The van der Waals surface area contributed by atoms with Crippen LogP contribution >= 0.6 is 0 Å². The average molecular weight is 491 g/mol. The number of hydrogen-bond acceptors (Lipinski definition) is 7. The third-order valence-electron chi connectivity index (χ3n) is 5.02. The van der Waals surface area contributed by atoms with Crippen LogP contribution in [-0.4, -0.2) is 62.7 Å². The summed E-state index contributed by atoms with van der Waals surface area (Å²) in [4.78, 5) is 14.0. The van der Waals surface area contributed by atoms with E-state index in [0.717, 1.165) is 17.7 Å². The summed E-state index contributed by atoms with van der Waals surface area (Å²) in [5, 5.41) is 11.9. The number of piperazine rings is 1. The summed E-state index contributed by atoms with van der Waals surface area (Å²) in [6, 6.07) is 13.2. The van der Waals surface area contributed by atoms with Gasteiger partial charge < -0.3 is 10.2 Å². The predicted octanol–water partition coefficient (Wildman–Crippen LogP) is 1.59. The van der Waals surface area contributed by atoms with Crippen molar-refractivity contribution >= 4 is 31.7 Å². The molecule has 2 aromatic carbocycles. The summed E-state index contributed by atoms with van der Waals surface area (Å²) < 4.78 is 58.2. The molecule has 0 radical (unpaired) electrons. The van der Waals surface area contributed by atoms with Gasteiger partial charge in [-0.1, -0.05) is 17.7 Å². The maximum absolute atomic E-state index is 12.8. The average Bonchev–Trinajstić information content (AvgIpc) is 2.77. The van der Waals surface area contributed by atoms with Crippen LogP contribution in [0.1, 0.15) is 5.56 Å². The van der Waals surface area contributed by atoms with Gasteiger partial charge in [-0.2, -0.15) is 18.0 Å². The highest BCUT2D eigenvalue weighted by atomic mass is 32.2. The number of carbonyl (C=O) groups excluding carboxylic acids is 1. The first-order valence-corrected chi connectivity index (χ1v) is 12.7. The molecule has 0 spiro atoms. The fraction of sp³-hybridized carbons (Fsp3) is 0.238. The lowest BCUT2D eigenvalue weighted by Gasteiger charge is -2.33. The minimum Gasteiger partial charge on any atom is -0.373 e. The number of hydrogen-bond donors (Lipinski definition) is 2. The van der Waals surface area contributed by atoms with E-state index in [1.54, 1.807) is 29.2 Å². The standard InChI is InChI=1S/C21H22N4O6S2/c1-16-2-6-19(7-3-16)32(27,28)25-12-10-24(11-13-25)15-17(14-22)21(26)23-18-4-8-20(9-5-18)33(29,30)31/h2-9,15H,10-13H2,1H3,(H,23,26)(H,29,30,31)/b17-15-. The van der Waals surface area contributed by atoms with Gasteiger partial charge >= 0.3 is 0 Å². The zero-order valence-corrected chi connectivity index (χ0v) is 19.3. The van der Waals surface area contributed by atoms with E-state index in [0.29, 0.717) is 13.1 Å². The molecule has 0 bridgehead atoms. The Labute approximate surface area is 192 Å². The molecular formula is C21H22N4O6S2. The van der Waals surface area contributed by atoms with Crippen molar-refractivity contribution in [3.63, 3.8) is 0 Å². The summed E-state index contributed by atoms with van der Waals surface area (Å²) in [5.74, 6) is -0.702. The Morgan fingerprint density at radius 2 is 1.52 bits per heavy atom. The Kier molecular flexibility index (Phi) is 7.19. The molecule has 1 aliphatic heterocycles. The number of benzene rings is 2. The summed E-state index contributed by atoms with van der Waals surface area (Å²) >= 11 is 0. The van der Waals surface area contributed by atoms with Gasteiger partial charge in [0.15, 0.2) is 0 Å². The normalized spacial score (nSPS) is 15.7. The van der Waals surface area contributed by atoms with Crippen LogP contribution in [0.3, 0.4) is 0 Å². The number of sulfonamides is 1. The zero-order valence-electron chi connectivity index (χ0n) is 17.7. The number of nitrogens with zero attached hydrogens (tertiary/aromatic N) is 3. The molecule has 0 aromatic heterocycles. The summed E-state index contributed by atoms with van der Waals surface area (Å²) in [6.07, 6.45) is 1.37. The van der Waals surface area contributed by atoms with E-state index in [9.17, 15) is 26.9 Å². The molecule has 3 rings (SSSR count). The molecule has 2 N–H and O–H groups in total. The molecule has 0 unspecified atom stereocenters. The molecule has 0 aliphatic carbocycles. The number of carbonyl (C=O) groups is 1. The van der Waals surface area contributed by atoms with E-state index >= 15 is 0 Å². The molecule has 1 aliphatic rings. The fourth-order valence-corrected chi connectivity index (χ4v) is 5.06. The third-order valence-corrected chi connectivity index (χ3v) is 7.80. The van der Waals surface area contributed by atoms with Gasteiger partial charge in [0.1, 0.15) is 11.6 Å². The van der Waals surface area contributed by atoms with E-state index in [1.165, 1.54) is 22.6 Å². The molecule has 1 heterocycles. The number of nitrogens with one attached hydrogen (secondary N) is 1. The number of rotatable bonds is 6.